The van der Waals surface area contributed by atoms with Gasteiger partial charge in [0.1, 0.15) is 0 Å². The maximum Gasteiger partial charge on any atom is 0.0445 e. The van der Waals surface area contributed by atoms with Crippen LogP contribution in [-0.2, 0) is 13.0 Å². The van der Waals surface area contributed by atoms with Crippen LogP contribution in [0.3, 0.4) is 0 Å². The number of rotatable bonds is 2. The van der Waals surface area contributed by atoms with Crippen LogP contribution in [-0.4, -0.2) is 17.6 Å². The number of hydrogen-bond acceptors (Lipinski definition) is 3. The molecule has 1 aliphatic heterocycles. The Kier molecular flexibility index (Phi) is 3.53. The van der Waals surface area contributed by atoms with Crippen LogP contribution >= 0.6 is 15.9 Å². The fourth-order valence-corrected chi connectivity index (χ4v) is 3.05. The first-order valence-electron chi connectivity index (χ1n) is 6.40. The van der Waals surface area contributed by atoms with Gasteiger partial charge < -0.3 is 10.6 Å². The predicted octanol–water partition coefficient (Wildman–Crippen LogP) is 2.73. The van der Waals surface area contributed by atoms with Crippen LogP contribution in [0.5, 0.6) is 0 Å². The third-order valence-corrected chi connectivity index (χ3v) is 3.84. The number of hydrogen-bond donors (Lipinski definition) is 1. The Balaban J connectivity index is 1.89. The van der Waals surface area contributed by atoms with E-state index < -0.39 is 0 Å². The molecule has 0 spiro atoms. The lowest BCUT2D eigenvalue weighted by Gasteiger charge is -2.34. The van der Waals surface area contributed by atoms with Gasteiger partial charge >= 0.3 is 0 Å². The van der Waals surface area contributed by atoms with E-state index in [-0.39, 0.29) is 6.04 Å². The van der Waals surface area contributed by atoms with Crippen LogP contribution < -0.4 is 10.6 Å². The molecule has 0 fully saturated rings. The predicted molar refractivity (Wildman–Crippen MR) is 81.1 cm³/mol. The number of benzene rings is 1. The highest BCUT2D eigenvalue weighted by Gasteiger charge is 2.21. The Labute approximate surface area is 121 Å². The summed E-state index contributed by atoms with van der Waals surface area (Å²) in [5.41, 5.74) is 9.98. The first kappa shape index (κ1) is 12.6. The molecule has 1 atom stereocenters. The van der Waals surface area contributed by atoms with Crippen molar-refractivity contribution < 1.29 is 0 Å². The van der Waals surface area contributed by atoms with Gasteiger partial charge in [0.2, 0.25) is 0 Å². The third-order valence-electron chi connectivity index (χ3n) is 3.40. The van der Waals surface area contributed by atoms with Gasteiger partial charge in [0.15, 0.2) is 0 Å². The number of fused-ring (bicyclic) bond motifs is 1. The summed E-state index contributed by atoms with van der Waals surface area (Å²) < 4.78 is 1.01. The van der Waals surface area contributed by atoms with Crippen molar-refractivity contribution in [3.05, 3.63) is 58.3 Å². The topological polar surface area (TPSA) is 42.1 Å². The molecule has 0 bridgehead atoms. The lowest BCUT2D eigenvalue weighted by atomic mass is 9.98. The molecule has 0 saturated heterocycles. The Bertz CT molecular complexity index is 585. The van der Waals surface area contributed by atoms with Crippen LogP contribution in [0, 0.1) is 0 Å². The Hall–Kier alpha value is -1.39. The minimum absolute atomic E-state index is 0.204. The van der Waals surface area contributed by atoms with Gasteiger partial charge in [-0.25, -0.2) is 0 Å². The van der Waals surface area contributed by atoms with Gasteiger partial charge in [-0.05, 0) is 45.6 Å². The lowest BCUT2D eigenvalue weighted by molar-refractivity contribution is 0.598. The maximum absolute atomic E-state index is 6.16. The minimum atomic E-state index is 0.204. The van der Waals surface area contributed by atoms with E-state index >= 15 is 0 Å². The molecule has 1 unspecified atom stereocenters. The maximum atomic E-state index is 6.16. The number of nitrogens with two attached hydrogens (primary N) is 1. The molecule has 3 rings (SSSR count). The largest absolute Gasteiger partial charge is 0.365 e. The molecular formula is C15H16BrN3. The second-order valence-corrected chi connectivity index (χ2v) is 5.90. The number of halogens is 1. The Morgan fingerprint density at radius 3 is 3.00 bits per heavy atom. The molecule has 98 valence electrons. The first-order chi connectivity index (χ1) is 9.22. The van der Waals surface area contributed by atoms with Crippen molar-refractivity contribution in [1.82, 2.24) is 4.98 Å². The van der Waals surface area contributed by atoms with Crippen molar-refractivity contribution in [2.75, 3.05) is 11.4 Å². The van der Waals surface area contributed by atoms with Gasteiger partial charge in [0, 0.05) is 41.7 Å². The Morgan fingerprint density at radius 1 is 1.32 bits per heavy atom. The molecule has 0 radical (unpaired) electrons. The summed E-state index contributed by atoms with van der Waals surface area (Å²) in [6.07, 6.45) is 4.68. The molecule has 2 heterocycles. The summed E-state index contributed by atoms with van der Waals surface area (Å²) in [5, 5.41) is 0. The van der Waals surface area contributed by atoms with E-state index in [1.165, 1.54) is 16.8 Å². The molecular weight excluding hydrogens is 302 g/mol. The number of pyridine rings is 1. The van der Waals surface area contributed by atoms with E-state index in [2.05, 4.69) is 56.1 Å². The number of nitrogens with zero attached hydrogens (tertiary/aromatic N) is 2. The summed E-state index contributed by atoms with van der Waals surface area (Å²) in [7, 11) is 0. The SMILES string of the molecule is NC1Cc2ccccc2N(Cc2cncc(Br)c2)C1. The molecule has 3 nitrogen and oxygen atoms in total. The van der Waals surface area contributed by atoms with Gasteiger partial charge in [0.25, 0.3) is 0 Å². The highest BCUT2D eigenvalue weighted by atomic mass is 79.9. The van der Waals surface area contributed by atoms with E-state index in [4.69, 9.17) is 5.73 Å². The van der Waals surface area contributed by atoms with Gasteiger partial charge in [0.05, 0.1) is 0 Å². The standard InChI is InChI=1S/C15H16BrN3/c16-13-5-11(7-18-8-13)9-19-10-14(17)6-12-3-1-2-4-15(12)19/h1-5,7-8,14H,6,9-10,17H2. The van der Waals surface area contributed by atoms with Crippen LogP contribution in [0.4, 0.5) is 5.69 Å². The van der Waals surface area contributed by atoms with Crippen LogP contribution in [0.15, 0.2) is 47.2 Å². The molecule has 2 aromatic rings. The smallest absolute Gasteiger partial charge is 0.0445 e. The summed E-state index contributed by atoms with van der Waals surface area (Å²) in [6.45, 7) is 1.74. The molecule has 0 amide bonds. The van der Waals surface area contributed by atoms with Crippen molar-refractivity contribution in [2.45, 2.75) is 19.0 Å². The number of para-hydroxylation sites is 1. The van der Waals surface area contributed by atoms with E-state index in [9.17, 15) is 0 Å². The van der Waals surface area contributed by atoms with Gasteiger partial charge in [-0.15, -0.1) is 0 Å². The van der Waals surface area contributed by atoms with Crippen LogP contribution in [0.1, 0.15) is 11.1 Å². The van der Waals surface area contributed by atoms with E-state index in [1.54, 1.807) is 6.20 Å². The summed E-state index contributed by atoms with van der Waals surface area (Å²) in [4.78, 5) is 6.56. The zero-order valence-electron chi connectivity index (χ0n) is 10.6. The third kappa shape index (κ3) is 2.80. The highest BCUT2D eigenvalue weighted by molar-refractivity contribution is 9.10. The van der Waals surface area contributed by atoms with Gasteiger partial charge in [-0.2, -0.15) is 0 Å². The van der Waals surface area contributed by atoms with Crippen molar-refractivity contribution in [1.29, 1.82) is 0 Å². The van der Waals surface area contributed by atoms with Crippen LogP contribution in [0.25, 0.3) is 0 Å². The molecule has 19 heavy (non-hydrogen) atoms. The number of aromatic nitrogens is 1. The van der Waals surface area contributed by atoms with Crippen LogP contribution in [0.2, 0.25) is 0 Å². The van der Waals surface area contributed by atoms with Gasteiger partial charge in [-0.1, -0.05) is 18.2 Å². The lowest BCUT2D eigenvalue weighted by Crippen LogP contribution is -2.42. The zero-order valence-corrected chi connectivity index (χ0v) is 12.2. The summed E-state index contributed by atoms with van der Waals surface area (Å²) >= 11 is 3.46. The fourth-order valence-electron chi connectivity index (χ4n) is 2.63. The minimum Gasteiger partial charge on any atom is -0.365 e. The van der Waals surface area contributed by atoms with Crippen molar-refractivity contribution in [3.8, 4) is 0 Å². The number of anilines is 1. The molecule has 1 aromatic carbocycles. The van der Waals surface area contributed by atoms with Crippen molar-refractivity contribution in [3.63, 3.8) is 0 Å². The Morgan fingerprint density at radius 2 is 2.16 bits per heavy atom. The normalized spacial score (nSPS) is 18.2. The zero-order chi connectivity index (χ0) is 13.2. The summed E-state index contributed by atoms with van der Waals surface area (Å²) in [5.74, 6) is 0. The van der Waals surface area contributed by atoms with Crippen molar-refractivity contribution in [2.24, 2.45) is 5.73 Å². The molecule has 0 aliphatic carbocycles. The fraction of sp³-hybridized carbons (Fsp3) is 0.267. The second-order valence-electron chi connectivity index (χ2n) is 4.98. The monoisotopic (exact) mass is 317 g/mol. The average molecular weight is 318 g/mol. The van der Waals surface area contributed by atoms with Crippen molar-refractivity contribution >= 4 is 21.6 Å². The highest BCUT2D eigenvalue weighted by Crippen LogP contribution is 2.27. The molecule has 2 N–H and O–H groups in total. The second kappa shape index (κ2) is 5.31. The summed E-state index contributed by atoms with van der Waals surface area (Å²) in [6, 6.07) is 10.8. The molecule has 0 saturated carbocycles. The van der Waals surface area contributed by atoms with E-state index in [0.717, 1.165) is 24.0 Å². The molecule has 1 aliphatic rings. The average Bonchev–Trinajstić information content (AvgIpc) is 2.38. The van der Waals surface area contributed by atoms with E-state index in [0.29, 0.717) is 0 Å². The molecule has 1 aromatic heterocycles. The first-order valence-corrected chi connectivity index (χ1v) is 7.19. The quantitative estimate of drug-likeness (QED) is 0.926. The molecule has 4 heteroatoms. The van der Waals surface area contributed by atoms with E-state index in [1.807, 2.05) is 6.20 Å². The van der Waals surface area contributed by atoms with Gasteiger partial charge in [-0.3, -0.25) is 4.98 Å².